The Kier molecular flexibility index (Phi) is 4.89. The zero-order valence-electron chi connectivity index (χ0n) is 10.2. The van der Waals surface area contributed by atoms with E-state index in [9.17, 15) is 0 Å². The van der Waals surface area contributed by atoms with Crippen LogP contribution in [-0.4, -0.2) is 0 Å². The van der Waals surface area contributed by atoms with Crippen LogP contribution in [0.2, 0.25) is 0 Å². The third-order valence-corrected chi connectivity index (χ3v) is 2.51. The van der Waals surface area contributed by atoms with Gasteiger partial charge in [-0.3, -0.25) is 0 Å². The first-order valence-corrected chi connectivity index (χ1v) is 6.07. The fraction of sp³-hybridized carbons (Fsp3) is 0. The van der Waals surface area contributed by atoms with Crippen molar-refractivity contribution < 1.29 is 0 Å². The molecule has 0 aliphatic heterocycles. The molecule has 0 aromatic heterocycles. The molecule has 0 aliphatic rings. The Labute approximate surface area is 109 Å². The molecule has 2 rings (SSSR count). The van der Waals surface area contributed by atoms with Gasteiger partial charge in [-0.1, -0.05) is 48.6 Å². The molecule has 0 bridgehead atoms. The molecular formula is C18H16-. The Morgan fingerprint density at radius 2 is 1.39 bits per heavy atom. The summed E-state index contributed by atoms with van der Waals surface area (Å²) in [7, 11) is 0. The number of benzene rings is 2. The van der Waals surface area contributed by atoms with E-state index in [2.05, 4.69) is 36.8 Å². The van der Waals surface area contributed by atoms with Crippen LogP contribution in [0.3, 0.4) is 0 Å². The highest BCUT2D eigenvalue weighted by molar-refractivity contribution is 5.50. The molecule has 2 aromatic rings. The fourth-order valence-corrected chi connectivity index (χ4v) is 1.59. The van der Waals surface area contributed by atoms with E-state index in [4.69, 9.17) is 0 Å². The predicted octanol–water partition coefficient (Wildman–Crippen LogP) is 4.71. The van der Waals surface area contributed by atoms with E-state index < -0.39 is 0 Å². The fourth-order valence-electron chi connectivity index (χ4n) is 1.59. The van der Waals surface area contributed by atoms with Crippen LogP contribution in [0, 0.1) is 12.8 Å². The minimum absolute atomic E-state index is 1.22. The summed E-state index contributed by atoms with van der Waals surface area (Å²) in [5, 5.41) is 0. The van der Waals surface area contributed by atoms with Crippen LogP contribution in [0.5, 0.6) is 0 Å². The Balaban J connectivity index is 1.74. The van der Waals surface area contributed by atoms with Crippen LogP contribution in [-0.2, 0) is 0 Å². The molecule has 0 heterocycles. The monoisotopic (exact) mass is 232 g/mol. The molecule has 0 unspecified atom stereocenters. The summed E-state index contributed by atoms with van der Waals surface area (Å²) in [5.74, 6) is 0. The van der Waals surface area contributed by atoms with E-state index in [-0.39, 0.29) is 0 Å². The second-order valence-electron chi connectivity index (χ2n) is 3.92. The maximum Gasteiger partial charge on any atom is -0.0260 e. The number of hydrogen-bond acceptors (Lipinski definition) is 0. The molecule has 0 spiro atoms. The topological polar surface area (TPSA) is 0 Å². The highest BCUT2D eigenvalue weighted by Crippen LogP contribution is 2.04. The Hall–Kier alpha value is -2.21. The van der Waals surface area contributed by atoms with Crippen molar-refractivity contribution in [3.8, 4) is 0 Å². The van der Waals surface area contributed by atoms with Gasteiger partial charge in [-0.15, -0.1) is 48.4 Å². The maximum atomic E-state index is 2.09. The summed E-state index contributed by atoms with van der Waals surface area (Å²) in [6.07, 6.45) is 12.3. The highest BCUT2D eigenvalue weighted by atomic mass is 13.9. The van der Waals surface area contributed by atoms with Gasteiger partial charge in [-0.2, -0.15) is 0 Å². The van der Waals surface area contributed by atoms with E-state index in [0.717, 1.165) is 0 Å². The molecule has 2 aromatic carbocycles. The Morgan fingerprint density at radius 3 is 2.11 bits per heavy atom. The summed E-state index contributed by atoms with van der Waals surface area (Å²) >= 11 is 0. The van der Waals surface area contributed by atoms with Crippen molar-refractivity contribution >= 4 is 6.08 Å². The van der Waals surface area contributed by atoms with Crippen LogP contribution in [0.15, 0.2) is 78.9 Å². The molecule has 0 atom stereocenters. The molecule has 0 aliphatic carbocycles. The van der Waals surface area contributed by atoms with E-state index in [1.807, 2.05) is 61.0 Å². The molecule has 1 radical (unpaired) electrons. The molecule has 0 nitrogen and oxygen atoms in total. The smallest absolute Gasteiger partial charge is 0.0260 e. The van der Waals surface area contributed by atoms with Gasteiger partial charge in [0, 0.05) is 0 Å². The van der Waals surface area contributed by atoms with Gasteiger partial charge in [0.25, 0.3) is 0 Å². The normalized spacial score (nSPS) is 11.1. The van der Waals surface area contributed by atoms with E-state index in [1.165, 1.54) is 11.1 Å². The maximum absolute atomic E-state index is 2.09. The first kappa shape index (κ1) is 12.3. The molecule has 0 saturated carbocycles. The van der Waals surface area contributed by atoms with Gasteiger partial charge >= 0.3 is 0 Å². The first-order valence-electron chi connectivity index (χ1n) is 6.07. The standard InChI is InChI=1S/C18H16/c1(5-11-17-13-7-3-8-14-17)2-6-12-18-15-9-4-10-16-18/h1-16H/q-1/b5-1+,12-6+. The number of rotatable bonds is 5. The molecule has 0 amide bonds. The zero-order valence-corrected chi connectivity index (χ0v) is 10.2. The summed E-state index contributed by atoms with van der Waals surface area (Å²) < 4.78 is 0. The molecule has 0 fully saturated rings. The van der Waals surface area contributed by atoms with Crippen LogP contribution < -0.4 is 0 Å². The Morgan fingerprint density at radius 1 is 0.722 bits per heavy atom. The van der Waals surface area contributed by atoms with Gasteiger partial charge in [-0.25, -0.2) is 0 Å². The quantitative estimate of drug-likeness (QED) is 0.655. The largest absolute Gasteiger partial charge is 0.148 e. The van der Waals surface area contributed by atoms with Crippen LogP contribution in [0.25, 0.3) is 6.08 Å². The van der Waals surface area contributed by atoms with Crippen molar-refractivity contribution in [1.29, 1.82) is 0 Å². The summed E-state index contributed by atoms with van der Waals surface area (Å²) in [4.78, 5) is 0. The van der Waals surface area contributed by atoms with E-state index in [1.54, 1.807) is 0 Å². The van der Waals surface area contributed by atoms with Gasteiger partial charge < -0.3 is 0 Å². The van der Waals surface area contributed by atoms with Gasteiger partial charge in [-0.05, 0) is 12.0 Å². The lowest BCUT2D eigenvalue weighted by molar-refractivity contribution is 1.51. The molecule has 0 saturated heterocycles. The van der Waals surface area contributed by atoms with Crippen LogP contribution in [0.1, 0.15) is 11.1 Å². The van der Waals surface area contributed by atoms with Gasteiger partial charge in [0.05, 0.1) is 0 Å². The first-order chi connectivity index (χ1) is 8.95. The minimum Gasteiger partial charge on any atom is -0.148 e. The van der Waals surface area contributed by atoms with Crippen molar-refractivity contribution in [3.63, 3.8) is 0 Å². The lowest BCUT2D eigenvalue weighted by Gasteiger charge is -2.01. The van der Waals surface area contributed by atoms with Crippen LogP contribution >= 0.6 is 0 Å². The minimum atomic E-state index is 1.22. The van der Waals surface area contributed by atoms with Gasteiger partial charge in [0.1, 0.15) is 0 Å². The summed E-state index contributed by atoms with van der Waals surface area (Å²) in [6, 6.07) is 20.6. The second kappa shape index (κ2) is 7.18. The molecular weight excluding hydrogens is 216 g/mol. The van der Waals surface area contributed by atoms with E-state index >= 15 is 0 Å². The lowest BCUT2D eigenvalue weighted by atomic mass is 10.1. The summed E-state index contributed by atoms with van der Waals surface area (Å²) in [5.41, 5.74) is 2.43. The molecule has 89 valence electrons. The number of allylic oxidation sites excluding steroid dienone is 3. The van der Waals surface area contributed by atoms with E-state index in [0.29, 0.717) is 0 Å². The molecule has 0 heteroatoms. The highest BCUT2D eigenvalue weighted by Gasteiger charge is 1.80. The van der Waals surface area contributed by atoms with Crippen molar-refractivity contribution in [2.24, 2.45) is 0 Å². The third-order valence-electron chi connectivity index (χ3n) is 2.51. The SMILES string of the molecule is [CH](/C=C/[CH-]c1ccccc1)/C=C/c1ccccc1. The molecule has 18 heavy (non-hydrogen) atoms. The Bertz CT molecular complexity index is 492. The van der Waals surface area contributed by atoms with Crippen LogP contribution in [0.4, 0.5) is 0 Å². The lowest BCUT2D eigenvalue weighted by Crippen LogP contribution is -1.75. The third kappa shape index (κ3) is 4.34. The van der Waals surface area contributed by atoms with Crippen molar-refractivity contribution in [2.45, 2.75) is 0 Å². The van der Waals surface area contributed by atoms with Crippen molar-refractivity contribution in [3.05, 3.63) is 103 Å². The second-order valence-corrected chi connectivity index (χ2v) is 3.92. The average molecular weight is 232 g/mol. The molecule has 0 N–H and O–H groups in total. The predicted molar refractivity (Wildman–Crippen MR) is 78.8 cm³/mol. The van der Waals surface area contributed by atoms with Gasteiger partial charge in [0.15, 0.2) is 0 Å². The van der Waals surface area contributed by atoms with Crippen molar-refractivity contribution in [2.75, 3.05) is 0 Å². The summed E-state index contributed by atoms with van der Waals surface area (Å²) in [6.45, 7) is 0. The van der Waals surface area contributed by atoms with Gasteiger partial charge in [0.2, 0.25) is 0 Å². The average Bonchev–Trinajstić information content (AvgIpc) is 2.45. The van der Waals surface area contributed by atoms with Crippen molar-refractivity contribution in [1.82, 2.24) is 0 Å². The zero-order chi connectivity index (χ0) is 12.5. The number of hydrogen-bond donors (Lipinski definition) is 0.